The highest BCUT2D eigenvalue weighted by Gasteiger charge is 2.34. The molecule has 0 spiro atoms. The molecule has 3 N–H and O–H groups in total. The first-order valence-corrected chi connectivity index (χ1v) is 6.40. The number of carbonyl (C=O) groups is 1. The van der Waals surface area contributed by atoms with Crippen LogP contribution in [0.2, 0.25) is 0 Å². The van der Waals surface area contributed by atoms with Gasteiger partial charge in [-0.15, -0.1) is 0 Å². The summed E-state index contributed by atoms with van der Waals surface area (Å²) in [4.78, 5) is 15.6. The Hall–Kier alpha value is -2.57. The quantitative estimate of drug-likeness (QED) is 0.891. The number of nitrogen functional groups attached to an aromatic ring is 1. The third kappa shape index (κ3) is 3.19. The number of alkyl halides is 3. The molecule has 0 aliphatic rings. The molecule has 0 aliphatic carbocycles. The number of nitrogens with zero attached hydrogens (tertiary/aromatic N) is 1. The molecular weight excluding hydrogens is 295 g/mol. The lowest BCUT2D eigenvalue weighted by Gasteiger charge is -2.16. The molecule has 0 radical (unpaired) electrons. The summed E-state index contributed by atoms with van der Waals surface area (Å²) in [5.74, 6) is -0.707. The van der Waals surface area contributed by atoms with Crippen LogP contribution in [0.3, 0.4) is 0 Å². The van der Waals surface area contributed by atoms with Crippen molar-refractivity contribution in [2.45, 2.75) is 20.0 Å². The van der Waals surface area contributed by atoms with Crippen LogP contribution in [0, 0.1) is 13.8 Å². The van der Waals surface area contributed by atoms with Gasteiger partial charge in [-0.1, -0.05) is 17.7 Å². The highest BCUT2D eigenvalue weighted by Crippen LogP contribution is 2.36. The predicted octanol–water partition coefficient (Wildman–Crippen LogP) is 3.55. The van der Waals surface area contributed by atoms with Crippen LogP contribution in [0.15, 0.2) is 30.5 Å². The average molecular weight is 309 g/mol. The summed E-state index contributed by atoms with van der Waals surface area (Å²) in [6.45, 7) is 3.10. The smallest absolute Gasteiger partial charge is 0.382 e. The zero-order chi connectivity index (χ0) is 16.5. The number of rotatable bonds is 2. The summed E-state index contributed by atoms with van der Waals surface area (Å²) in [5, 5.41) is 2.40. The number of anilines is 2. The third-order valence-electron chi connectivity index (χ3n) is 3.23. The van der Waals surface area contributed by atoms with E-state index < -0.39 is 17.6 Å². The van der Waals surface area contributed by atoms with Gasteiger partial charge in [-0.25, -0.2) is 4.98 Å². The van der Waals surface area contributed by atoms with Gasteiger partial charge in [-0.3, -0.25) is 4.79 Å². The van der Waals surface area contributed by atoms with E-state index in [-0.39, 0.29) is 17.1 Å². The van der Waals surface area contributed by atoms with Crippen molar-refractivity contribution in [3.8, 4) is 0 Å². The first kappa shape index (κ1) is 15.8. The molecule has 1 aromatic heterocycles. The van der Waals surface area contributed by atoms with Crippen LogP contribution in [0.4, 0.5) is 24.7 Å². The molecule has 0 bridgehead atoms. The van der Waals surface area contributed by atoms with Gasteiger partial charge >= 0.3 is 6.18 Å². The minimum Gasteiger partial charge on any atom is -0.382 e. The number of amides is 1. The average Bonchev–Trinajstić information content (AvgIpc) is 2.42. The molecule has 0 atom stereocenters. The Morgan fingerprint density at radius 1 is 1.18 bits per heavy atom. The molecule has 2 rings (SSSR count). The molecule has 4 nitrogen and oxygen atoms in total. The molecule has 2 aromatic rings. The second-order valence-electron chi connectivity index (χ2n) is 4.88. The Bertz CT molecular complexity index is 709. The molecule has 0 unspecified atom stereocenters. The van der Waals surface area contributed by atoms with E-state index in [1.807, 2.05) is 6.92 Å². The van der Waals surface area contributed by atoms with Crippen LogP contribution < -0.4 is 11.1 Å². The van der Waals surface area contributed by atoms with Crippen molar-refractivity contribution in [3.63, 3.8) is 0 Å². The summed E-state index contributed by atoms with van der Waals surface area (Å²) < 4.78 is 38.6. The monoisotopic (exact) mass is 309 g/mol. The summed E-state index contributed by atoms with van der Waals surface area (Å²) in [7, 11) is 0. The van der Waals surface area contributed by atoms with Crippen LogP contribution in [0.5, 0.6) is 0 Å². The number of carbonyl (C=O) groups excluding carboxylic acids is 1. The van der Waals surface area contributed by atoms with Gasteiger partial charge in [0.05, 0.1) is 11.3 Å². The fraction of sp³-hybridized carbons (Fsp3) is 0.200. The van der Waals surface area contributed by atoms with E-state index in [9.17, 15) is 18.0 Å². The lowest BCUT2D eigenvalue weighted by atomic mass is 10.1. The number of pyridine rings is 1. The highest BCUT2D eigenvalue weighted by molar-refractivity contribution is 6.06. The van der Waals surface area contributed by atoms with Crippen molar-refractivity contribution in [1.29, 1.82) is 0 Å². The minimum atomic E-state index is -4.56. The zero-order valence-corrected chi connectivity index (χ0v) is 12.0. The van der Waals surface area contributed by atoms with E-state index in [1.165, 1.54) is 6.92 Å². The fourth-order valence-corrected chi connectivity index (χ4v) is 1.96. The van der Waals surface area contributed by atoms with Gasteiger partial charge in [0.25, 0.3) is 5.91 Å². The van der Waals surface area contributed by atoms with Crippen LogP contribution in [-0.4, -0.2) is 10.9 Å². The van der Waals surface area contributed by atoms with Crippen LogP contribution in [-0.2, 0) is 6.18 Å². The number of hydrogen-bond acceptors (Lipinski definition) is 3. The van der Waals surface area contributed by atoms with Gasteiger partial charge in [-0.2, -0.15) is 13.2 Å². The summed E-state index contributed by atoms with van der Waals surface area (Å²) in [6.07, 6.45) is -3.90. The lowest BCUT2D eigenvalue weighted by Crippen LogP contribution is -2.17. The SMILES string of the molecule is Cc1ccc(C(=O)Nc2c(N)ncc(C(F)(F)F)c2C)cc1. The molecule has 116 valence electrons. The molecule has 0 aliphatic heterocycles. The molecule has 1 amide bonds. The maximum atomic E-state index is 12.9. The summed E-state index contributed by atoms with van der Waals surface area (Å²) >= 11 is 0. The number of halogens is 3. The summed E-state index contributed by atoms with van der Waals surface area (Å²) in [6, 6.07) is 6.62. The highest BCUT2D eigenvalue weighted by atomic mass is 19.4. The second-order valence-corrected chi connectivity index (χ2v) is 4.88. The Labute approximate surface area is 125 Å². The van der Waals surface area contributed by atoms with Gasteiger partial charge < -0.3 is 11.1 Å². The number of benzene rings is 1. The molecular formula is C15H14F3N3O. The Morgan fingerprint density at radius 2 is 1.77 bits per heavy atom. The zero-order valence-electron chi connectivity index (χ0n) is 12.0. The Morgan fingerprint density at radius 3 is 2.32 bits per heavy atom. The third-order valence-corrected chi connectivity index (χ3v) is 3.23. The second kappa shape index (κ2) is 5.67. The predicted molar refractivity (Wildman–Crippen MR) is 77.5 cm³/mol. The van der Waals surface area contributed by atoms with Crippen molar-refractivity contribution in [2.75, 3.05) is 11.1 Å². The Balaban J connectivity index is 2.37. The van der Waals surface area contributed by atoms with Gasteiger partial charge in [0.2, 0.25) is 0 Å². The van der Waals surface area contributed by atoms with E-state index in [4.69, 9.17) is 5.73 Å². The van der Waals surface area contributed by atoms with E-state index >= 15 is 0 Å². The van der Waals surface area contributed by atoms with Crippen molar-refractivity contribution in [3.05, 3.63) is 52.7 Å². The maximum Gasteiger partial charge on any atom is 0.418 e. The number of nitrogens with two attached hydrogens (primary N) is 1. The van der Waals surface area contributed by atoms with Gasteiger partial charge in [0, 0.05) is 11.8 Å². The van der Waals surface area contributed by atoms with Crippen molar-refractivity contribution >= 4 is 17.4 Å². The molecule has 7 heteroatoms. The van der Waals surface area contributed by atoms with Gasteiger partial charge in [-0.05, 0) is 31.5 Å². The molecule has 0 fully saturated rings. The minimum absolute atomic E-state index is 0.125. The van der Waals surface area contributed by atoms with E-state index in [2.05, 4.69) is 10.3 Å². The first-order chi connectivity index (χ1) is 10.2. The van der Waals surface area contributed by atoms with Gasteiger partial charge in [0.15, 0.2) is 0 Å². The fourth-order valence-electron chi connectivity index (χ4n) is 1.96. The largest absolute Gasteiger partial charge is 0.418 e. The molecule has 0 saturated heterocycles. The van der Waals surface area contributed by atoms with E-state index in [0.717, 1.165) is 5.56 Å². The van der Waals surface area contributed by atoms with E-state index in [0.29, 0.717) is 11.8 Å². The van der Waals surface area contributed by atoms with Crippen molar-refractivity contribution < 1.29 is 18.0 Å². The standard InChI is InChI=1S/C15H14F3N3O/c1-8-3-5-10(6-4-8)14(22)21-12-9(2)11(15(16,17)18)7-20-13(12)19/h3-7H,1-2H3,(H2,19,20)(H,21,22). The van der Waals surface area contributed by atoms with Crippen LogP contribution >= 0.6 is 0 Å². The number of nitrogens with one attached hydrogen (secondary N) is 1. The van der Waals surface area contributed by atoms with Crippen LogP contribution in [0.25, 0.3) is 0 Å². The summed E-state index contributed by atoms with van der Waals surface area (Å²) in [5.41, 5.74) is 5.66. The topological polar surface area (TPSA) is 68.0 Å². The molecule has 1 aromatic carbocycles. The molecule has 1 heterocycles. The van der Waals surface area contributed by atoms with Gasteiger partial charge in [0.1, 0.15) is 5.82 Å². The first-order valence-electron chi connectivity index (χ1n) is 6.40. The van der Waals surface area contributed by atoms with Crippen LogP contribution in [0.1, 0.15) is 27.0 Å². The number of hydrogen-bond donors (Lipinski definition) is 2. The Kier molecular flexibility index (Phi) is 4.07. The number of aryl methyl sites for hydroxylation is 1. The van der Waals surface area contributed by atoms with Crippen molar-refractivity contribution in [1.82, 2.24) is 4.98 Å². The maximum absolute atomic E-state index is 12.9. The lowest BCUT2D eigenvalue weighted by molar-refractivity contribution is -0.138. The normalized spacial score (nSPS) is 11.3. The van der Waals surface area contributed by atoms with E-state index in [1.54, 1.807) is 24.3 Å². The molecule has 22 heavy (non-hydrogen) atoms. The van der Waals surface area contributed by atoms with Crippen molar-refractivity contribution in [2.24, 2.45) is 0 Å². The number of aromatic nitrogens is 1. The molecule has 0 saturated carbocycles.